The Labute approximate surface area is 153 Å². The summed E-state index contributed by atoms with van der Waals surface area (Å²) in [6.45, 7) is 3.41. The van der Waals surface area contributed by atoms with Crippen LogP contribution in [-0.4, -0.2) is 42.0 Å². The molecule has 2 aromatic rings. The molecule has 1 saturated heterocycles. The maximum atomic E-state index is 12.5. The number of amides is 1. The molecule has 24 heavy (non-hydrogen) atoms. The van der Waals surface area contributed by atoms with Gasteiger partial charge >= 0.3 is 0 Å². The number of oxazole rings is 1. The first kappa shape index (κ1) is 20.5. The molecular formula is C16H23Cl2N3O3. The van der Waals surface area contributed by atoms with Crippen molar-refractivity contribution in [3.63, 3.8) is 0 Å². The first-order valence-electron chi connectivity index (χ1n) is 7.62. The van der Waals surface area contributed by atoms with Crippen LogP contribution in [0, 0.1) is 6.92 Å². The summed E-state index contributed by atoms with van der Waals surface area (Å²) >= 11 is 0. The molecule has 1 N–H and O–H groups in total. The van der Waals surface area contributed by atoms with Gasteiger partial charge in [-0.15, -0.1) is 24.8 Å². The van der Waals surface area contributed by atoms with Crippen molar-refractivity contribution >= 4 is 30.7 Å². The third-order valence-corrected chi connectivity index (χ3v) is 4.13. The fourth-order valence-electron chi connectivity index (χ4n) is 2.79. The lowest BCUT2D eigenvalue weighted by Crippen LogP contribution is -2.47. The quantitative estimate of drug-likeness (QED) is 0.889. The number of nitrogens with one attached hydrogen (secondary N) is 1. The van der Waals surface area contributed by atoms with Gasteiger partial charge in [0.2, 0.25) is 5.91 Å². The van der Waals surface area contributed by atoms with E-state index in [1.807, 2.05) is 18.9 Å². The number of aryl methyl sites for hydroxylation is 1. The molecule has 134 valence electrons. The van der Waals surface area contributed by atoms with E-state index in [2.05, 4.69) is 10.3 Å². The van der Waals surface area contributed by atoms with Gasteiger partial charge < -0.3 is 19.1 Å². The van der Waals surface area contributed by atoms with Crippen molar-refractivity contribution in [3.8, 4) is 11.7 Å². The minimum absolute atomic E-state index is 0. The standard InChI is InChI=1S/C16H21N3O3.2ClH/c1-11-13(18-16(22-11)14-6-4-8-21-14)9-15(20)19-7-3-5-12(10-19)17-2;;/h4,6,8,12,17H,3,5,7,9-10H2,1-2H3;2*1H. The Morgan fingerprint density at radius 1 is 1.46 bits per heavy atom. The second kappa shape index (κ2) is 9.11. The van der Waals surface area contributed by atoms with E-state index in [-0.39, 0.29) is 37.1 Å². The van der Waals surface area contributed by atoms with E-state index in [1.54, 1.807) is 18.4 Å². The molecular weight excluding hydrogens is 353 g/mol. The molecule has 0 bridgehead atoms. The zero-order chi connectivity index (χ0) is 15.5. The molecule has 0 radical (unpaired) electrons. The first-order valence-corrected chi connectivity index (χ1v) is 7.62. The molecule has 1 amide bonds. The summed E-state index contributed by atoms with van der Waals surface area (Å²) in [6.07, 6.45) is 4.00. The molecule has 0 saturated carbocycles. The van der Waals surface area contributed by atoms with Gasteiger partial charge in [-0.1, -0.05) is 0 Å². The molecule has 1 unspecified atom stereocenters. The van der Waals surface area contributed by atoms with E-state index in [1.165, 1.54) is 0 Å². The van der Waals surface area contributed by atoms with Gasteiger partial charge in [-0.2, -0.15) is 0 Å². The molecule has 0 aromatic carbocycles. The zero-order valence-corrected chi connectivity index (χ0v) is 15.4. The van der Waals surface area contributed by atoms with Crippen LogP contribution in [0.5, 0.6) is 0 Å². The fourth-order valence-corrected chi connectivity index (χ4v) is 2.79. The van der Waals surface area contributed by atoms with Gasteiger partial charge in [0, 0.05) is 19.1 Å². The second-order valence-corrected chi connectivity index (χ2v) is 5.64. The SMILES string of the molecule is CNC1CCCN(C(=O)Cc2nc(-c3ccco3)oc2C)C1.Cl.Cl. The lowest BCUT2D eigenvalue weighted by atomic mass is 10.1. The van der Waals surface area contributed by atoms with Crippen molar-refractivity contribution in [2.45, 2.75) is 32.2 Å². The maximum absolute atomic E-state index is 12.5. The summed E-state index contributed by atoms with van der Waals surface area (Å²) in [4.78, 5) is 18.8. The summed E-state index contributed by atoms with van der Waals surface area (Å²) in [5.41, 5.74) is 0.683. The number of furan rings is 1. The smallest absolute Gasteiger partial charge is 0.263 e. The number of halogens is 2. The van der Waals surface area contributed by atoms with Crippen LogP contribution in [0.3, 0.4) is 0 Å². The summed E-state index contributed by atoms with van der Waals surface area (Å²) in [5, 5.41) is 3.25. The Kier molecular flexibility index (Phi) is 7.79. The van der Waals surface area contributed by atoms with E-state index in [0.29, 0.717) is 29.1 Å². The number of piperidine rings is 1. The van der Waals surface area contributed by atoms with E-state index in [9.17, 15) is 4.79 Å². The highest BCUT2D eigenvalue weighted by molar-refractivity contribution is 5.85. The summed E-state index contributed by atoms with van der Waals surface area (Å²) in [6, 6.07) is 3.96. The van der Waals surface area contributed by atoms with Crippen LogP contribution in [0.25, 0.3) is 11.7 Å². The third kappa shape index (κ3) is 4.53. The summed E-state index contributed by atoms with van der Waals surface area (Å²) in [7, 11) is 1.94. The largest absolute Gasteiger partial charge is 0.459 e. The molecule has 1 aliphatic heterocycles. The minimum Gasteiger partial charge on any atom is -0.459 e. The summed E-state index contributed by atoms with van der Waals surface area (Å²) in [5.74, 6) is 1.77. The normalized spacial score (nSPS) is 17.1. The molecule has 1 fully saturated rings. The molecule has 1 aliphatic rings. The molecule has 6 nitrogen and oxygen atoms in total. The van der Waals surface area contributed by atoms with Gasteiger partial charge in [0.1, 0.15) is 5.76 Å². The fraction of sp³-hybridized carbons (Fsp3) is 0.500. The lowest BCUT2D eigenvalue weighted by Gasteiger charge is -2.32. The molecule has 3 rings (SSSR count). The van der Waals surface area contributed by atoms with E-state index in [4.69, 9.17) is 8.83 Å². The van der Waals surface area contributed by atoms with Crippen molar-refractivity contribution in [2.24, 2.45) is 0 Å². The Bertz CT molecular complexity index is 643. The van der Waals surface area contributed by atoms with Crippen LogP contribution in [0.2, 0.25) is 0 Å². The lowest BCUT2D eigenvalue weighted by molar-refractivity contribution is -0.131. The van der Waals surface area contributed by atoms with Gasteiger partial charge in [0.25, 0.3) is 5.89 Å². The highest BCUT2D eigenvalue weighted by Gasteiger charge is 2.24. The van der Waals surface area contributed by atoms with Crippen LogP contribution >= 0.6 is 24.8 Å². The topological polar surface area (TPSA) is 71.5 Å². The average Bonchev–Trinajstić information content (AvgIpc) is 3.18. The second-order valence-electron chi connectivity index (χ2n) is 5.64. The highest BCUT2D eigenvalue weighted by atomic mass is 35.5. The molecule has 2 aromatic heterocycles. The van der Waals surface area contributed by atoms with Crippen LogP contribution in [0.1, 0.15) is 24.3 Å². The predicted molar refractivity (Wildman–Crippen MR) is 95.8 cm³/mol. The van der Waals surface area contributed by atoms with Crippen molar-refractivity contribution in [1.29, 1.82) is 0 Å². The Morgan fingerprint density at radius 2 is 2.25 bits per heavy atom. The van der Waals surface area contributed by atoms with Gasteiger partial charge in [-0.3, -0.25) is 4.79 Å². The van der Waals surface area contributed by atoms with Gasteiger partial charge in [0.05, 0.1) is 18.4 Å². The minimum atomic E-state index is 0. The maximum Gasteiger partial charge on any atom is 0.263 e. The number of hydrogen-bond acceptors (Lipinski definition) is 5. The molecule has 0 spiro atoms. The van der Waals surface area contributed by atoms with Crippen molar-refractivity contribution in [1.82, 2.24) is 15.2 Å². The number of likely N-dealkylation sites (N-methyl/N-ethyl adjacent to an activating group) is 1. The average molecular weight is 376 g/mol. The van der Waals surface area contributed by atoms with Crippen molar-refractivity contribution < 1.29 is 13.6 Å². The van der Waals surface area contributed by atoms with E-state index in [0.717, 1.165) is 25.9 Å². The van der Waals surface area contributed by atoms with E-state index >= 15 is 0 Å². The Balaban J connectivity index is 0.00000144. The van der Waals surface area contributed by atoms with Gasteiger partial charge in [0.15, 0.2) is 5.76 Å². The van der Waals surface area contributed by atoms with Crippen molar-refractivity contribution in [3.05, 3.63) is 29.9 Å². The molecule has 8 heteroatoms. The number of aromatic nitrogens is 1. The number of likely N-dealkylation sites (tertiary alicyclic amines) is 1. The van der Waals surface area contributed by atoms with Crippen LogP contribution in [-0.2, 0) is 11.2 Å². The molecule has 1 atom stereocenters. The Morgan fingerprint density at radius 3 is 2.92 bits per heavy atom. The van der Waals surface area contributed by atoms with Crippen LogP contribution in [0.15, 0.2) is 27.2 Å². The zero-order valence-electron chi connectivity index (χ0n) is 13.8. The highest BCUT2D eigenvalue weighted by Crippen LogP contribution is 2.23. The number of hydrogen-bond donors (Lipinski definition) is 1. The van der Waals surface area contributed by atoms with Gasteiger partial charge in [-0.25, -0.2) is 4.98 Å². The number of carbonyl (C=O) groups excluding carboxylic acids is 1. The van der Waals surface area contributed by atoms with Crippen LogP contribution < -0.4 is 5.32 Å². The van der Waals surface area contributed by atoms with Crippen molar-refractivity contribution in [2.75, 3.05) is 20.1 Å². The van der Waals surface area contributed by atoms with Gasteiger partial charge in [-0.05, 0) is 38.9 Å². The third-order valence-electron chi connectivity index (χ3n) is 4.13. The molecule has 3 heterocycles. The molecule has 0 aliphatic carbocycles. The first-order chi connectivity index (χ1) is 10.7. The monoisotopic (exact) mass is 375 g/mol. The number of nitrogens with zero attached hydrogens (tertiary/aromatic N) is 2. The number of carbonyl (C=O) groups is 1. The Hall–Kier alpha value is -1.50. The predicted octanol–water partition coefficient (Wildman–Crippen LogP) is 2.84. The summed E-state index contributed by atoms with van der Waals surface area (Å²) < 4.78 is 10.9. The van der Waals surface area contributed by atoms with Crippen LogP contribution in [0.4, 0.5) is 0 Å². The number of rotatable bonds is 4. The van der Waals surface area contributed by atoms with E-state index < -0.39 is 0 Å².